The van der Waals surface area contributed by atoms with Crippen LogP contribution in [0.2, 0.25) is 0 Å². The highest BCUT2D eigenvalue weighted by Gasteiger charge is 2.08. The number of hydrogen-bond acceptors (Lipinski definition) is 3. The Kier molecular flexibility index (Phi) is 4.02. The smallest absolute Gasteiger partial charge is 0.335 e. The Labute approximate surface area is 111 Å². The number of likely N-dealkylation sites (N-methyl/N-ethyl adjacent to an activating group) is 1. The molecule has 0 atom stereocenters. The second-order valence-corrected chi connectivity index (χ2v) is 4.36. The van der Waals surface area contributed by atoms with Crippen molar-refractivity contribution in [1.82, 2.24) is 5.32 Å². The van der Waals surface area contributed by atoms with Gasteiger partial charge in [-0.1, -0.05) is 13.0 Å². The second-order valence-electron chi connectivity index (χ2n) is 4.36. The van der Waals surface area contributed by atoms with Crippen molar-refractivity contribution in [2.45, 2.75) is 13.8 Å². The van der Waals surface area contributed by atoms with Crippen molar-refractivity contribution in [3.8, 4) is 0 Å². The van der Waals surface area contributed by atoms with Gasteiger partial charge in [0, 0.05) is 11.9 Å². The van der Waals surface area contributed by atoms with Gasteiger partial charge in [-0.15, -0.1) is 0 Å². The number of rotatable bonds is 5. The molecule has 0 aliphatic carbocycles. The van der Waals surface area contributed by atoms with E-state index in [0.29, 0.717) is 5.58 Å². The largest absolute Gasteiger partial charge is 0.478 e. The Balaban J connectivity index is 2.30. The van der Waals surface area contributed by atoms with Crippen LogP contribution in [0.15, 0.2) is 34.8 Å². The van der Waals surface area contributed by atoms with Gasteiger partial charge in [0.1, 0.15) is 11.3 Å². The van der Waals surface area contributed by atoms with Gasteiger partial charge in [-0.2, -0.15) is 0 Å². The van der Waals surface area contributed by atoms with Crippen LogP contribution < -0.4 is 5.32 Å². The number of nitrogens with one attached hydrogen (secondary N) is 1. The predicted molar refractivity (Wildman–Crippen MR) is 75.4 cm³/mol. The molecule has 0 aliphatic heterocycles. The fourth-order valence-corrected chi connectivity index (χ4v) is 1.84. The first-order valence-corrected chi connectivity index (χ1v) is 6.26. The number of hydrogen-bond donors (Lipinski definition) is 2. The number of carboxylic acids is 1. The molecule has 0 radical (unpaired) electrons. The summed E-state index contributed by atoms with van der Waals surface area (Å²) >= 11 is 0. The van der Waals surface area contributed by atoms with Crippen molar-refractivity contribution in [3.05, 3.63) is 41.7 Å². The van der Waals surface area contributed by atoms with Gasteiger partial charge >= 0.3 is 5.97 Å². The maximum absolute atomic E-state index is 10.9. The van der Waals surface area contributed by atoms with E-state index >= 15 is 0 Å². The molecule has 0 saturated carbocycles. The number of allylic oxidation sites excluding steroid dienone is 1. The second kappa shape index (κ2) is 5.71. The molecule has 0 aliphatic rings. The van der Waals surface area contributed by atoms with Gasteiger partial charge in [-0.25, -0.2) is 4.79 Å². The van der Waals surface area contributed by atoms with Crippen LogP contribution >= 0.6 is 0 Å². The van der Waals surface area contributed by atoms with E-state index in [1.165, 1.54) is 0 Å². The molecule has 2 N–H and O–H groups in total. The van der Waals surface area contributed by atoms with E-state index in [0.717, 1.165) is 29.8 Å². The first kappa shape index (κ1) is 13.4. The summed E-state index contributed by atoms with van der Waals surface area (Å²) in [6, 6.07) is 6.75. The Hall–Kier alpha value is -2.07. The zero-order valence-electron chi connectivity index (χ0n) is 11.1. The molecule has 1 aromatic carbocycles. The van der Waals surface area contributed by atoms with E-state index in [1.807, 2.05) is 13.0 Å². The third-order valence-corrected chi connectivity index (χ3v) is 2.95. The molecule has 100 valence electrons. The van der Waals surface area contributed by atoms with Gasteiger partial charge in [0.15, 0.2) is 0 Å². The molecule has 0 unspecified atom stereocenters. The van der Waals surface area contributed by atoms with Crippen molar-refractivity contribution >= 4 is 22.5 Å². The molecule has 4 heteroatoms. The van der Waals surface area contributed by atoms with Crippen LogP contribution in [0, 0.1) is 0 Å². The minimum absolute atomic E-state index is 0.272. The topological polar surface area (TPSA) is 62.5 Å². The average Bonchev–Trinajstić information content (AvgIpc) is 2.81. The van der Waals surface area contributed by atoms with Crippen molar-refractivity contribution in [1.29, 1.82) is 0 Å². The SMILES string of the molecule is CCNC/C=C(\C)c1cc2cc(C(=O)O)ccc2o1. The summed E-state index contributed by atoms with van der Waals surface area (Å²) in [5.74, 6) is -0.153. The standard InChI is InChI=1S/C15H17NO3/c1-3-16-7-6-10(2)14-9-12-8-11(15(17)18)4-5-13(12)19-14/h4-6,8-9,16H,3,7H2,1-2H3,(H,17,18)/b10-6+. The molecule has 19 heavy (non-hydrogen) atoms. The van der Waals surface area contributed by atoms with E-state index < -0.39 is 5.97 Å². The predicted octanol–water partition coefficient (Wildman–Crippen LogP) is 3.14. The minimum Gasteiger partial charge on any atom is -0.478 e. The number of carbonyl (C=O) groups is 1. The van der Waals surface area contributed by atoms with E-state index in [-0.39, 0.29) is 5.56 Å². The maximum atomic E-state index is 10.9. The lowest BCUT2D eigenvalue weighted by Crippen LogP contribution is -2.11. The molecule has 1 heterocycles. The molecule has 0 amide bonds. The zero-order chi connectivity index (χ0) is 13.8. The van der Waals surface area contributed by atoms with Gasteiger partial charge in [-0.3, -0.25) is 0 Å². The van der Waals surface area contributed by atoms with E-state index in [2.05, 4.69) is 18.3 Å². The van der Waals surface area contributed by atoms with Crippen LogP contribution in [0.25, 0.3) is 16.5 Å². The summed E-state index contributed by atoms with van der Waals surface area (Å²) in [4.78, 5) is 10.9. The number of fused-ring (bicyclic) bond motifs is 1. The van der Waals surface area contributed by atoms with Gasteiger partial charge in [0.2, 0.25) is 0 Å². The Morgan fingerprint density at radius 1 is 1.42 bits per heavy atom. The zero-order valence-corrected chi connectivity index (χ0v) is 11.1. The van der Waals surface area contributed by atoms with Crippen LogP contribution in [0.5, 0.6) is 0 Å². The number of benzene rings is 1. The summed E-state index contributed by atoms with van der Waals surface area (Å²) in [5.41, 5.74) is 2.01. The van der Waals surface area contributed by atoms with Crippen molar-refractivity contribution in [2.75, 3.05) is 13.1 Å². The molecule has 2 aromatic rings. The summed E-state index contributed by atoms with van der Waals surface area (Å²) < 4.78 is 5.71. The molecule has 0 saturated heterocycles. The molecular formula is C15H17NO3. The Morgan fingerprint density at radius 3 is 2.89 bits per heavy atom. The van der Waals surface area contributed by atoms with Crippen LogP contribution in [0.1, 0.15) is 30.0 Å². The van der Waals surface area contributed by atoms with Crippen LogP contribution in [0.4, 0.5) is 0 Å². The van der Waals surface area contributed by atoms with Gasteiger partial charge in [-0.05, 0) is 43.3 Å². The number of furan rings is 1. The Morgan fingerprint density at radius 2 is 2.21 bits per heavy atom. The van der Waals surface area contributed by atoms with Crippen LogP contribution in [-0.2, 0) is 0 Å². The lowest BCUT2D eigenvalue weighted by molar-refractivity contribution is 0.0697. The third-order valence-electron chi connectivity index (χ3n) is 2.95. The first-order valence-electron chi connectivity index (χ1n) is 6.26. The number of carboxylic acid groups (broad SMARTS) is 1. The fourth-order valence-electron chi connectivity index (χ4n) is 1.84. The monoisotopic (exact) mass is 259 g/mol. The first-order chi connectivity index (χ1) is 9.11. The fraction of sp³-hybridized carbons (Fsp3) is 0.267. The highest BCUT2D eigenvalue weighted by Crippen LogP contribution is 2.25. The lowest BCUT2D eigenvalue weighted by atomic mass is 10.1. The normalized spacial score (nSPS) is 12.0. The highest BCUT2D eigenvalue weighted by molar-refractivity contribution is 5.93. The summed E-state index contributed by atoms with van der Waals surface area (Å²) in [6.45, 7) is 5.75. The number of aromatic carboxylic acids is 1. The van der Waals surface area contributed by atoms with E-state index in [9.17, 15) is 4.79 Å². The molecule has 0 bridgehead atoms. The molecule has 2 rings (SSSR count). The Bertz CT molecular complexity index is 625. The molecule has 4 nitrogen and oxygen atoms in total. The quantitative estimate of drug-likeness (QED) is 0.810. The average molecular weight is 259 g/mol. The third kappa shape index (κ3) is 3.03. The van der Waals surface area contributed by atoms with Crippen molar-refractivity contribution in [3.63, 3.8) is 0 Å². The van der Waals surface area contributed by atoms with Gasteiger partial charge < -0.3 is 14.8 Å². The summed E-state index contributed by atoms with van der Waals surface area (Å²) in [6.07, 6.45) is 2.05. The molecule has 0 spiro atoms. The van der Waals surface area contributed by atoms with Crippen molar-refractivity contribution < 1.29 is 14.3 Å². The molecule has 0 fully saturated rings. The molecular weight excluding hydrogens is 242 g/mol. The summed E-state index contributed by atoms with van der Waals surface area (Å²) in [5, 5.41) is 13.0. The van der Waals surface area contributed by atoms with Crippen molar-refractivity contribution in [2.24, 2.45) is 0 Å². The van der Waals surface area contributed by atoms with Crippen LogP contribution in [0.3, 0.4) is 0 Å². The van der Waals surface area contributed by atoms with Gasteiger partial charge in [0.05, 0.1) is 5.56 Å². The van der Waals surface area contributed by atoms with Gasteiger partial charge in [0.25, 0.3) is 0 Å². The van der Waals surface area contributed by atoms with E-state index in [1.54, 1.807) is 18.2 Å². The minimum atomic E-state index is -0.927. The van der Waals surface area contributed by atoms with E-state index in [4.69, 9.17) is 9.52 Å². The summed E-state index contributed by atoms with van der Waals surface area (Å²) in [7, 11) is 0. The highest BCUT2D eigenvalue weighted by atomic mass is 16.4. The maximum Gasteiger partial charge on any atom is 0.335 e. The molecule has 1 aromatic heterocycles. The lowest BCUT2D eigenvalue weighted by Gasteiger charge is -1.97. The van der Waals surface area contributed by atoms with Crippen LogP contribution in [-0.4, -0.2) is 24.2 Å².